The summed E-state index contributed by atoms with van der Waals surface area (Å²) in [6.07, 6.45) is 1.96. The molecule has 1 N–H and O–H groups in total. The molecule has 0 fully saturated rings. The van der Waals surface area contributed by atoms with E-state index < -0.39 is 0 Å². The first-order valence-corrected chi connectivity index (χ1v) is 5.11. The minimum absolute atomic E-state index is 0.0769. The molecule has 0 unspecified atom stereocenters. The van der Waals surface area contributed by atoms with Crippen molar-refractivity contribution in [3.63, 3.8) is 0 Å². The highest BCUT2D eigenvalue weighted by Gasteiger charge is 2.17. The number of aliphatic hydroxyl groups excluding tert-OH is 1. The summed E-state index contributed by atoms with van der Waals surface area (Å²) in [4.78, 5) is 13.1. The first kappa shape index (κ1) is 13.4. The van der Waals surface area contributed by atoms with Crippen LogP contribution in [0.2, 0.25) is 0 Å². The summed E-state index contributed by atoms with van der Waals surface area (Å²) in [5.74, 6) is -0.245. The van der Waals surface area contributed by atoms with Crippen LogP contribution in [0.4, 0.5) is 0 Å². The van der Waals surface area contributed by atoms with Gasteiger partial charge in [-0.1, -0.05) is 13.8 Å². The van der Waals surface area contributed by atoms with Crippen LogP contribution in [-0.2, 0) is 9.53 Å². The van der Waals surface area contributed by atoms with E-state index in [9.17, 15) is 4.79 Å². The van der Waals surface area contributed by atoms with Crippen LogP contribution < -0.4 is 0 Å². The van der Waals surface area contributed by atoms with Crippen LogP contribution in [0.1, 0.15) is 26.7 Å². The van der Waals surface area contributed by atoms with Gasteiger partial charge in [-0.2, -0.15) is 0 Å². The highest BCUT2D eigenvalue weighted by atomic mass is 16.5. The third-order valence-corrected chi connectivity index (χ3v) is 2.41. The van der Waals surface area contributed by atoms with Gasteiger partial charge >= 0.3 is 5.97 Å². The minimum atomic E-state index is -0.245. The Bertz CT molecular complexity index is 157. The summed E-state index contributed by atoms with van der Waals surface area (Å²) in [5, 5.41) is 8.87. The van der Waals surface area contributed by atoms with Crippen LogP contribution in [0.3, 0.4) is 0 Å². The number of aliphatic hydroxyl groups is 1. The molecule has 4 heteroatoms. The molecule has 0 aromatic heterocycles. The maximum Gasteiger partial charge on any atom is 0.319 e. The highest BCUT2D eigenvalue weighted by molar-refractivity contribution is 5.71. The Kier molecular flexibility index (Phi) is 7.42. The van der Waals surface area contributed by atoms with Gasteiger partial charge in [-0.05, 0) is 12.8 Å². The molecular formula is C10H21NO3. The standard InChI is InChI=1S/C10H21NO3/c1-4-9(5-2)11(6-7-12)8-10(13)14-3/h9,12H,4-8H2,1-3H3. The zero-order chi connectivity index (χ0) is 11.0. The molecule has 0 aliphatic carbocycles. The summed E-state index contributed by atoms with van der Waals surface area (Å²) in [6, 6.07) is 0.348. The average Bonchev–Trinajstić information content (AvgIpc) is 2.19. The second kappa shape index (κ2) is 7.76. The lowest BCUT2D eigenvalue weighted by Gasteiger charge is -2.28. The second-order valence-electron chi connectivity index (χ2n) is 3.24. The van der Waals surface area contributed by atoms with Gasteiger partial charge in [0.05, 0.1) is 20.3 Å². The molecule has 0 amide bonds. The number of ether oxygens (including phenoxy) is 1. The average molecular weight is 203 g/mol. The fourth-order valence-corrected chi connectivity index (χ4v) is 1.55. The fourth-order valence-electron chi connectivity index (χ4n) is 1.55. The molecule has 0 bridgehead atoms. The van der Waals surface area contributed by atoms with Crippen molar-refractivity contribution in [2.24, 2.45) is 0 Å². The van der Waals surface area contributed by atoms with E-state index in [0.29, 0.717) is 12.6 Å². The van der Waals surface area contributed by atoms with Crippen LogP contribution >= 0.6 is 0 Å². The van der Waals surface area contributed by atoms with E-state index in [4.69, 9.17) is 5.11 Å². The van der Waals surface area contributed by atoms with E-state index in [-0.39, 0.29) is 19.1 Å². The Morgan fingerprint density at radius 3 is 2.36 bits per heavy atom. The molecule has 0 aliphatic heterocycles. The number of carbonyl (C=O) groups excluding carboxylic acids is 1. The van der Waals surface area contributed by atoms with E-state index >= 15 is 0 Å². The number of methoxy groups -OCH3 is 1. The lowest BCUT2D eigenvalue weighted by atomic mass is 10.1. The molecule has 0 rings (SSSR count). The summed E-state index contributed by atoms with van der Waals surface area (Å²) in [6.45, 7) is 5.03. The summed E-state index contributed by atoms with van der Waals surface area (Å²) < 4.78 is 4.60. The Balaban J connectivity index is 4.17. The zero-order valence-corrected chi connectivity index (χ0v) is 9.32. The van der Waals surface area contributed by atoms with Crippen LogP contribution in [0.5, 0.6) is 0 Å². The number of rotatable bonds is 7. The number of hydrogen-bond acceptors (Lipinski definition) is 4. The van der Waals surface area contributed by atoms with E-state index in [0.717, 1.165) is 12.8 Å². The largest absolute Gasteiger partial charge is 0.468 e. The van der Waals surface area contributed by atoms with Crippen LogP contribution in [0.25, 0.3) is 0 Å². The molecule has 0 saturated carbocycles. The molecule has 0 aromatic carbocycles. The van der Waals surface area contributed by atoms with Gasteiger partial charge in [0, 0.05) is 12.6 Å². The lowest BCUT2D eigenvalue weighted by molar-refractivity contribution is -0.142. The molecule has 0 atom stereocenters. The minimum Gasteiger partial charge on any atom is -0.468 e. The van der Waals surface area contributed by atoms with Gasteiger partial charge in [-0.3, -0.25) is 9.69 Å². The van der Waals surface area contributed by atoms with E-state index in [1.807, 2.05) is 4.90 Å². The SMILES string of the molecule is CCC(CC)N(CCO)CC(=O)OC. The zero-order valence-electron chi connectivity index (χ0n) is 9.32. The van der Waals surface area contributed by atoms with Gasteiger partial charge in [0.25, 0.3) is 0 Å². The Hall–Kier alpha value is -0.610. The van der Waals surface area contributed by atoms with E-state index in [2.05, 4.69) is 18.6 Å². The molecule has 0 aromatic rings. The third kappa shape index (κ3) is 4.58. The number of nitrogens with zero attached hydrogens (tertiary/aromatic N) is 1. The molecule has 14 heavy (non-hydrogen) atoms. The van der Waals surface area contributed by atoms with Gasteiger partial charge in [0.2, 0.25) is 0 Å². The van der Waals surface area contributed by atoms with Gasteiger partial charge < -0.3 is 9.84 Å². The van der Waals surface area contributed by atoms with Gasteiger partial charge in [-0.25, -0.2) is 0 Å². The van der Waals surface area contributed by atoms with Crippen LogP contribution in [0.15, 0.2) is 0 Å². The predicted molar refractivity (Wildman–Crippen MR) is 55.0 cm³/mol. The normalized spacial score (nSPS) is 11.0. The highest BCUT2D eigenvalue weighted by Crippen LogP contribution is 2.07. The van der Waals surface area contributed by atoms with Crippen molar-refractivity contribution in [1.29, 1.82) is 0 Å². The summed E-state index contributed by atoms with van der Waals surface area (Å²) in [5.41, 5.74) is 0. The maximum atomic E-state index is 11.1. The lowest BCUT2D eigenvalue weighted by Crippen LogP contribution is -2.40. The van der Waals surface area contributed by atoms with Crippen molar-refractivity contribution < 1.29 is 14.6 Å². The van der Waals surface area contributed by atoms with Crippen molar-refractivity contribution in [2.75, 3.05) is 26.8 Å². The molecule has 4 nitrogen and oxygen atoms in total. The van der Waals surface area contributed by atoms with Gasteiger partial charge in [0.15, 0.2) is 0 Å². The van der Waals surface area contributed by atoms with Crippen molar-refractivity contribution in [3.05, 3.63) is 0 Å². The summed E-state index contributed by atoms with van der Waals surface area (Å²) >= 11 is 0. The monoisotopic (exact) mass is 203 g/mol. The molecule has 0 spiro atoms. The smallest absolute Gasteiger partial charge is 0.319 e. The first-order chi connectivity index (χ1) is 6.69. The first-order valence-electron chi connectivity index (χ1n) is 5.11. The van der Waals surface area contributed by atoms with Crippen molar-refractivity contribution in [3.8, 4) is 0 Å². The van der Waals surface area contributed by atoms with Crippen molar-refractivity contribution in [1.82, 2.24) is 4.90 Å². The van der Waals surface area contributed by atoms with Gasteiger partial charge in [0.1, 0.15) is 0 Å². The topological polar surface area (TPSA) is 49.8 Å². The molecule has 0 radical (unpaired) electrons. The Labute approximate surface area is 85.9 Å². The molecule has 0 heterocycles. The fraction of sp³-hybridized carbons (Fsp3) is 0.900. The number of hydrogen-bond donors (Lipinski definition) is 1. The number of carbonyl (C=O) groups is 1. The second-order valence-corrected chi connectivity index (χ2v) is 3.24. The summed E-state index contributed by atoms with van der Waals surface area (Å²) in [7, 11) is 1.38. The predicted octanol–water partition coefficient (Wildman–Crippen LogP) is 0.642. The Morgan fingerprint density at radius 2 is 2.00 bits per heavy atom. The van der Waals surface area contributed by atoms with Crippen molar-refractivity contribution >= 4 is 5.97 Å². The van der Waals surface area contributed by atoms with Crippen LogP contribution in [-0.4, -0.2) is 48.8 Å². The molecule has 0 aliphatic rings. The van der Waals surface area contributed by atoms with Crippen molar-refractivity contribution in [2.45, 2.75) is 32.7 Å². The van der Waals surface area contributed by atoms with Crippen LogP contribution in [0, 0.1) is 0 Å². The van der Waals surface area contributed by atoms with Gasteiger partial charge in [-0.15, -0.1) is 0 Å². The maximum absolute atomic E-state index is 11.1. The quantitative estimate of drug-likeness (QED) is 0.617. The molecule has 0 saturated heterocycles. The van der Waals surface area contributed by atoms with E-state index in [1.165, 1.54) is 7.11 Å². The molecular weight excluding hydrogens is 182 g/mol. The third-order valence-electron chi connectivity index (χ3n) is 2.41. The Morgan fingerprint density at radius 1 is 1.43 bits per heavy atom. The molecule has 84 valence electrons. The van der Waals surface area contributed by atoms with E-state index in [1.54, 1.807) is 0 Å². The number of esters is 1.